The van der Waals surface area contributed by atoms with E-state index < -0.39 is 17.7 Å². The number of aryl methyl sites for hydroxylation is 2. The molecule has 0 bridgehead atoms. The number of hydrogen-bond donors (Lipinski definition) is 1. The van der Waals surface area contributed by atoms with Crippen LogP contribution in [-0.4, -0.2) is 33.6 Å². The molecule has 202 valence electrons. The summed E-state index contributed by atoms with van der Waals surface area (Å²) < 4.78 is 11.5. The van der Waals surface area contributed by atoms with Gasteiger partial charge in [0.2, 0.25) is 5.13 Å². The number of ketones is 1. The van der Waals surface area contributed by atoms with Crippen molar-refractivity contribution in [3.63, 3.8) is 0 Å². The molecule has 4 aromatic rings. The molecule has 5 rings (SSSR count). The van der Waals surface area contributed by atoms with Gasteiger partial charge in [-0.2, -0.15) is 0 Å². The molecule has 0 radical (unpaired) electrons. The third kappa shape index (κ3) is 5.50. The van der Waals surface area contributed by atoms with Gasteiger partial charge >= 0.3 is 5.91 Å². The largest absolute Gasteiger partial charge is 0.507 e. The number of carbonyl (C=O) groups excluding carboxylic acids is 2. The van der Waals surface area contributed by atoms with Crippen LogP contribution in [0.4, 0.5) is 5.13 Å². The second-order valence-corrected chi connectivity index (χ2v) is 10.4. The summed E-state index contributed by atoms with van der Waals surface area (Å²) in [6.45, 7) is 8.17. The number of Topliss-reactive ketones (excluding diaryl/α,β-unsaturated/α-hetero) is 1. The van der Waals surface area contributed by atoms with Crippen LogP contribution in [-0.2, 0) is 16.2 Å². The van der Waals surface area contributed by atoms with E-state index in [1.807, 2.05) is 25.1 Å². The molecule has 1 unspecified atom stereocenters. The molecule has 1 aliphatic rings. The fourth-order valence-corrected chi connectivity index (χ4v) is 5.18. The number of aliphatic hydroxyl groups excluding tert-OH is 1. The molecule has 0 spiro atoms. The Bertz CT molecular complexity index is 1590. The molecule has 1 saturated heterocycles. The summed E-state index contributed by atoms with van der Waals surface area (Å²) in [6, 6.07) is 20.9. The number of hydrogen-bond acceptors (Lipinski definition) is 8. The molecule has 8 nitrogen and oxygen atoms in total. The van der Waals surface area contributed by atoms with Gasteiger partial charge in [0, 0.05) is 5.56 Å². The van der Waals surface area contributed by atoms with Gasteiger partial charge < -0.3 is 14.6 Å². The van der Waals surface area contributed by atoms with Crippen molar-refractivity contribution in [3.05, 3.63) is 118 Å². The van der Waals surface area contributed by atoms with E-state index in [0.29, 0.717) is 40.8 Å². The van der Waals surface area contributed by atoms with Crippen molar-refractivity contribution in [2.75, 3.05) is 11.5 Å². The van der Waals surface area contributed by atoms with Crippen molar-refractivity contribution in [2.45, 2.75) is 26.5 Å². The van der Waals surface area contributed by atoms with Crippen LogP contribution in [0.5, 0.6) is 11.5 Å². The fourth-order valence-electron chi connectivity index (χ4n) is 4.46. The molecule has 1 aromatic heterocycles. The number of ether oxygens (including phenoxy) is 2. The third-order valence-corrected chi connectivity index (χ3v) is 7.18. The summed E-state index contributed by atoms with van der Waals surface area (Å²) in [4.78, 5) is 27.9. The van der Waals surface area contributed by atoms with E-state index in [9.17, 15) is 14.7 Å². The molecular weight excluding hydrogens is 526 g/mol. The van der Waals surface area contributed by atoms with Crippen molar-refractivity contribution in [3.8, 4) is 11.5 Å². The molecule has 1 atom stereocenters. The summed E-state index contributed by atoms with van der Waals surface area (Å²) in [5.74, 6) is -0.665. The number of nitrogens with zero attached hydrogens (tertiary/aromatic N) is 3. The summed E-state index contributed by atoms with van der Waals surface area (Å²) in [5, 5.41) is 20.4. The molecule has 0 saturated carbocycles. The van der Waals surface area contributed by atoms with Crippen molar-refractivity contribution in [1.82, 2.24) is 10.2 Å². The molecule has 1 amide bonds. The van der Waals surface area contributed by atoms with Crippen LogP contribution in [0.25, 0.3) is 5.76 Å². The minimum absolute atomic E-state index is 0.0361. The van der Waals surface area contributed by atoms with Crippen LogP contribution in [0.2, 0.25) is 0 Å². The molecule has 1 aliphatic heterocycles. The number of aliphatic hydroxyl groups is 1. The van der Waals surface area contributed by atoms with Gasteiger partial charge in [-0.05, 0) is 61.4 Å². The number of benzene rings is 3. The third-order valence-electron chi connectivity index (χ3n) is 6.35. The van der Waals surface area contributed by atoms with Crippen LogP contribution < -0.4 is 14.4 Å². The lowest BCUT2D eigenvalue weighted by Crippen LogP contribution is -2.29. The van der Waals surface area contributed by atoms with Crippen LogP contribution in [0, 0.1) is 13.8 Å². The van der Waals surface area contributed by atoms with Gasteiger partial charge in [-0.1, -0.05) is 66.0 Å². The Morgan fingerprint density at radius 3 is 2.35 bits per heavy atom. The van der Waals surface area contributed by atoms with Gasteiger partial charge in [0.15, 0.2) is 0 Å². The standard InChI is InChI=1S/C31H27N3O5S/c1-4-16-38-24-12-8-22(9-13-24)27-26(29(36)30(37)34(27)31-33-32-20(3)40-31)28(35)23-10-14-25(15-11-23)39-18-21-7-5-6-19(2)17-21/h4-15,17,27,35H,1,16,18H2,2-3H3. The van der Waals surface area contributed by atoms with Crippen molar-refractivity contribution < 1.29 is 24.2 Å². The molecule has 2 heterocycles. The van der Waals surface area contributed by atoms with E-state index in [1.54, 1.807) is 61.5 Å². The van der Waals surface area contributed by atoms with E-state index in [1.165, 1.54) is 16.2 Å². The lowest BCUT2D eigenvalue weighted by Gasteiger charge is -2.22. The number of rotatable bonds is 9. The zero-order chi connectivity index (χ0) is 28.2. The Morgan fingerprint density at radius 2 is 1.70 bits per heavy atom. The van der Waals surface area contributed by atoms with Crippen LogP contribution in [0.1, 0.15) is 33.3 Å². The van der Waals surface area contributed by atoms with Crippen LogP contribution >= 0.6 is 11.3 Å². The quantitative estimate of drug-likeness (QED) is 0.119. The maximum atomic E-state index is 13.3. The zero-order valence-corrected chi connectivity index (χ0v) is 22.9. The van der Waals surface area contributed by atoms with E-state index in [2.05, 4.69) is 22.8 Å². The smallest absolute Gasteiger partial charge is 0.301 e. The minimum Gasteiger partial charge on any atom is -0.507 e. The SMILES string of the molecule is C=CCOc1ccc(C2C(=C(O)c3ccc(OCc4cccc(C)c4)cc3)C(=O)C(=O)N2c2nnc(C)s2)cc1. The number of carbonyl (C=O) groups is 2. The molecule has 9 heteroatoms. The summed E-state index contributed by atoms with van der Waals surface area (Å²) in [6.07, 6.45) is 1.64. The Labute approximate surface area is 235 Å². The summed E-state index contributed by atoms with van der Waals surface area (Å²) in [7, 11) is 0. The molecule has 0 aliphatic carbocycles. The highest BCUT2D eigenvalue weighted by molar-refractivity contribution is 7.15. The maximum Gasteiger partial charge on any atom is 0.301 e. The Hall–Kier alpha value is -4.76. The van der Waals surface area contributed by atoms with E-state index in [0.717, 1.165) is 11.1 Å². The van der Waals surface area contributed by atoms with Gasteiger partial charge in [0.25, 0.3) is 5.78 Å². The molecule has 40 heavy (non-hydrogen) atoms. The summed E-state index contributed by atoms with van der Waals surface area (Å²) in [5.41, 5.74) is 3.14. The van der Waals surface area contributed by atoms with E-state index in [-0.39, 0.29) is 16.5 Å². The van der Waals surface area contributed by atoms with Gasteiger partial charge in [-0.3, -0.25) is 14.5 Å². The Kier molecular flexibility index (Phi) is 7.75. The summed E-state index contributed by atoms with van der Waals surface area (Å²) >= 11 is 1.19. The zero-order valence-electron chi connectivity index (χ0n) is 22.0. The minimum atomic E-state index is -0.905. The first kappa shape index (κ1) is 26.8. The molecule has 1 N–H and O–H groups in total. The lowest BCUT2D eigenvalue weighted by molar-refractivity contribution is -0.132. The highest BCUT2D eigenvalue weighted by Crippen LogP contribution is 2.43. The molecule has 3 aromatic carbocycles. The number of amides is 1. The van der Waals surface area contributed by atoms with Crippen molar-refractivity contribution in [2.24, 2.45) is 0 Å². The average molecular weight is 554 g/mol. The topological polar surface area (TPSA) is 102 Å². The monoisotopic (exact) mass is 553 g/mol. The fraction of sp³-hybridized carbons (Fsp3) is 0.161. The van der Waals surface area contributed by atoms with Gasteiger partial charge in [-0.15, -0.1) is 10.2 Å². The Balaban J connectivity index is 1.49. The van der Waals surface area contributed by atoms with Crippen molar-refractivity contribution in [1.29, 1.82) is 0 Å². The number of aromatic nitrogens is 2. The normalized spacial score (nSPS) is 16.2. The van der Waals surface area contributed by atoms with Crippen LogP contribution in [0.15, 0.2) is 91.0 Å². The second kappa shape index (κ2) is 11.5. The number of anilines is 1. The van der Waals surface area contributed by atoms with E-state index >= 15 is 0 Å². The van der Waals surface area contributed by atoms with E-state index in [4.69, 9.17) is 9.47 Å². The highest BCUT2D eigenvalue weighted by Gasteiger charge is 2.48. The first-order valence-electron chi connectivity index (χ1n) is 12.6. The lowest BCUT2D eigenvalue weighted by atomic mass is 9.95. The predicted molar refractivity (Wildman–Crippen MR) is 154 cm³/mol. The molecular formula is C31H27N3O5S. The van der Waals surface area contributed by atoms with Gasteiger partial charge in [0.1, 0.15) is 35.5 Å². The molecule has 1 fully saturated rings. The first-order valence-corrected chi connectivity index (χ1v) is 13.4. The van der Waals surface area contributed by atoms with Gasteiger partial charge in [-0.25, -0.2) is 0 Å². The maximum absolute atomic E-state index is 13.3. The second-order valence-electron chi connectivity index (χ2n) is 9.24. The average Bonchev–Trinajstić information content (AvgIpc) is 3.50. The predicted octanol–water partition coefficient (Wildman–Crippen LogP) is 5.93. The van der Waals surface area contributed by atoms with Crippen LogP contribution in [0.3, 0.4) is 0 Å². The Morgan fingerprint density at radius 1 is 1.00 bits per heavy atom. The first-order chi connectivity index (χ1) is 19.4. The van der Waals surface area contributed by atoms with Crippen molar-refractivity contribution >= 4 is 33.9 Å². The van der Waals surface area contributed by atoms with Gasteiger partial charge in [0.05, 0.1) is 11.6 Å². The highest BCUT2D eigenvalue weighted by atomic mass is 32.1.